The van der Waals surface area contributed by atoms with Crippen molar-refractivity contribution in [1.82, 2.24) is 4.98 Å². The third-order valence-electron chi connectivity index (χ3n) is 1.15. The number of pyridine rings is 1. The molecule has 0 unspecified atom stereocenters. The maximum atomic E-state index is 9.96. The summed E-state index contributed by atoms with van der Waals surface area (Å²) in [6, 6.07) is 3.10. The molecule has 1 aromatic rings. The number of nitrogens with zero attached hydrogens (tertiary/aromatic N) is 1. The molecule has 57 valence electrons. The van der Waals surface area contributed by atoms with Crippen molar-refractivity contribution in [3.8, 4) is 5.75 Å². The molecule has 4 heteroatoms. The lowest BCUT2D eigenvalue weighted by Gasteiger charge is -1.99. The Bertz CT molecular complexity index is 272. The largest absolute Gasteiger partial charge is 0.555 e. The predicted octanol–water partition coefficient (Wildman–Crippen LogP) is 1.32. The standard InChI is InChI=1S/C7H6NO3/c1-5-6(11-7(9)10)3-2-4-8-5/h2-4H,1H3. The lowest BCUT2D eigenvalue weighted by Crippen LogP contribution is -2.02. The first-order chi connectivity index (χ1) is 5.20. The quantitative estimate of drug-likeness (QED) is 0.570. The van der Waals surface area contributed by atoms with Gasteiger partial charge in [-0.05, 0) is 19.1 Å². The molecule has 4 nitrogen and oxygen atoms in total. The van der Waals surface area contributed by atoms with Crippen molar-refractivity contribution in [2.75, 3.05) is 0 Å². The van der Waals surface area contributed by atoms with E-state index in [1.54, 1.807) is 19.2 Å². The number of hydrogen-bond donors (Lipinski definition) is 0. The fourth-order valence-corrected chi connectivity index (χ4v) is 0.667. The summed E-state index contributed by atoms with van der Waals surface area (Å²) in [5, 5.41) is 9.96. The molecule has 0 aliphatic rings. The number of carbonyl (C=O) groups excluding carboxylic acids is 1. The molecular formula is C7H6NO3. The minimum Gasteiger partial charge on any atom is -0.391 e. The SMILES string of the molecule is Cc1ncccc1OC([O])=O. The predicted molar refractivity (Wildman–Crippen MR) is 35.7 cm³/mol. The molecule has 11 heavy (non-hydrogen) atoms. The van der Waals surface area contributed by atoms with Crippen LogP contribution in [0.15, 0.2) is 18.3 Å². The number of carbonyl (C=O) groups is 1. The molecule has 0 amide bonds. The van der Waals surface area contributed by atoms with Gasteiger partial charge < -0.3 is 4.74 Å². The molecule has 1 radical (unpaired) electrons. The average Bonchev–Trinajstić information content (AvgIpc) is 1.93. The molecule has 1 rings (SSSR count). The van der Waals surface area contributed by atoms with E-state index < -0.39 is 6.16 Å². The van der Waals surface area contributed by atoms with E-state index in [1.165, 1.54) is 6.07 Å². The lowest BCUT2D eigenvalue weighted by atomic mass is 10.3. The molecule has 0 fully saturated rings. The third kappa shape index (κ3) is 1.93. The highest BCUT2D eigenvalue weighted by Gasteiger charge is 2.04. The van der Waals surface area contributed by atoms with Gasteiger partial charge in [-0.3, -0.25) is 4.98 Å². The first-order valence-corrected chi connectivity index (χ1v) is 3.00. The zero-order chi connectivity index (χ0) is 8.27. The van der Waals surface area contributed by atoms with E-state index in [2.05, 4.69) is 9.72 Å². The second-order valence-corrected chi connectivity index (χ2v) is 1.94. The van der Waals surface area contributed by atoms with Gasteiger partial charge in [-0.1, -0.05) is 0 Å². The van der Waals surface area contributed by atoms with Crippen molar-refractivity contribution >= 4 is 6.16 Å². The van der Waals surface area contributed by atoms with Crippen LogP contribution in [0.1, 0.15) is 5.69 Å². The van der Waals surface area contributed by atoms with E-state index >= 15 is 0 Å². The zero-order valence-corrected chi connectivity index (χ0v) is 5.90. The second-order valence-electron chi connectivity index (χ2n) is 1.94. The van der Waals surface area contributed by atoms with E-state index in [9.17, 15) is 9.90 Å². The molecule has 0 aliphatic carbocycles. The van der Waals surface area contributed by atoms with Crippen molar-refractivity contribution in [2.45, 2.75) is 6.92 Å². The van der Waals surface area contributed by atoms with E-state index in [0.717, 1.165) is 0 Å². The van der Waals surface area contributed by atoms with Gasteiger partial charge >= 0.3 is 6.16 Å². The molecule has 0 saturated heterocycles. The van der Waals surface area contributed by atoms with E-state index in [0.29, 0.717) is 5.69 Å². The normalized spacial score (nSPS) is 9.18. The van der Waals surface area contributed by atoms with Gasteiger partial charge in [0, 0.05) is 6.20 Å². The number of hydrogen-bond acceptors (Lipinski definition) is 3. The highest BCUT2D eigenvalue weighted by atomic mass is 16.7. The van der Waals surface area contributed by atoms with Gasteiger partial charge in [-0.15, -0.1) is 0 Å². The fourth-order valence-electron chi connectivity index (χ4n) is 0.667. The fraction of sp³-hybridized carbons (Fsp3) is 0.143. The van der Waals surface area contributed by atoms with E-state index in [-0.39, 0.29) is 5.75 Å². The Morgan fingerprint density at radius 2 is 2.36 bits per heavy atom. The summed E-state index contributed by atoms with van der Waals surface area (Å²) >= 11 is 0. The summed E-state index contributed by atoms with van der Waals surface area (Å²) in [6.07, 6.45) is -0.0154. The molecule has 0 N–H and O–H groups in total. The van der Waals surface area contributed by atoms with Gasteiger partial charge in [0.25, 0.3) is 0 Å². The van der Waals surface area contributed by atoms with Crippen LogP contribution in [0.5, 0.6) is 5.75 Å². The summed E-state index contributed by atoms with van der Waals surface area (Å²) in [5.41, 5.74) is 0.525. The van der Waals surface area contributed by atoms with Crippen LogP contribution in [0.25, 0.3) is 0 Å². The summed E-state index contributed by atoms with van der Waals surface area (Å²) in [5.74, 6) is 0.215. The van der Waals surface area contributed by atoms with Gasteiger partial charge in [0.1, 0.15) is 0 Å². The molecular weight excluding hydrogens is 146 g/mol. The van der Waals surface area contributed by atoms with Crippen LogP contribution < -0.4 is 4.74 Å². The summed E-state index contributed by atoms with van der Waals surface area (Å²) in [4.78, 5) is 13.8. The molecule has 0 atom stereocenters. The Morgan fingerprint density at radius 1 is 1.64 bits per heavy atom. The maximum absolute atomic E-state index is 9.96. The minimum absolute atomic E-state index is 0.215. The van der Waals surface area contributed by atoms with E-state index in [1.807, 2.05) is 0 Å². The Kier molecular flexibility index (Phi) is 2.06. The summed E-state index contributed by atoms with van der Waals surface area (Å²) in [6.45, 7) is 1.65. The average molecular weight is 152 g/mol. The van der Waals surface area contributed by atoms with Gasteiger partial charge in [0.05, 0.1) is 5.69 Å². The molecule has 0 aliphatic heterocycles. The van der Waals surface area contributed by atoms with Crippen molar-refractivity contribution in [2.24, 2.45) is 0 Å². The monoisotopic (exact) mass is 152 g/mol. The maximum Gasteiger partial charge on any atom is 0.555 e. The Hall–Kier alpha value is -1.58. The molecule has 0 saturated carbocycles. The van der Waals surface area contributed by atoms with E-state index in [4.69, 9.17) is 0 Å². The van der Waals surface area contributed by atoms with Gasteiger partial charge in [0.2, 0.25) is 0 Å². The Labute approximate surface area is 63.5 Å². The summed E-state index contributed by atoms with van der Waals surface area (Å²) in [7, 11) is 0. The first-order valence-electron chi connectivity index (χ1n) is 3.00. The van der Waals surface area contributed by atoms with Crippen LogP contribution >= 0.6 is 0 Å². The number of ether oxygens (including phenoxy) is 1. The van der Waals surface area contributed by atoms with Crippen LogP contribution in [0.2, 0.25) is 0 Å². The highest BCUT2D eigenvalue weighted by molar-refractivity contribution is 5.60. The van der Waals surface area contributed by atoms with Gasteiger partial charge in [-0.25, -0.2) is 0 Å². The van der Waals surface area contributed by atoms with Crippen LogP contribution in [0.4, 0.5) is 4.79 Å². The van der Waals surface area contributed by atoms with Crippen LogP contribution in [-0.2, 0) is 5.11 Å². The zero-order valence-electron chi connectivity index (χ0n) is 5.90. The van der Waals surface area contributed by atoms with Gasteiger partial charge in [-0.2, -0.15) is 9.90 Å². The van der Waals surface area contributed by atoms with Crippen molar-refractivity contribution in [3.63, 3.8) is 0 Å². The third-order valence-corrected chi connectivity index (χ3v) is 1.15. The van der Waals surface area contributed by atoms with Crippen molar-refractivity contribution in [1.29, 1.82) is 0 Å². The highest BCUT2D eigenvalue weighted by Crippen LogP contribution is 2.13. The number of aryl methyl sites for hydroxylation is 1. The number of rotatable bonds is 1. The second kappa shape index (κ2) is 3.01. The van der Waals surface area contributed by atoms with Crippen molar-refractivity contribution in [3.05, 3.63) is 24.0 Å². The topological polar surface area (TPSA) is 59.1 Å². The van der Waals surface area contributed by atoms with Crippen LogP contribution in [0, 0.1) is 6.92 Å². The molecule has 1 aromatic heterocycles. The molecule has 0 aromatic carbocycles. The smallest absolute Gasteiger partial charge is 0.391 e. The summed E-state index contributed by atoms with van der Waals surface area (Å²) < 4.78 is 4.29. The number of aromatic nitrogens is 1. The van der Waals surface area contributed by atoms with Gasteiger partial charge in [0.15, 0.2) is 5.75 Å². The molecule has 0 bridgehead atoms. The van der Waals surface area contributed by atoms with Crippen molar-refractivity contribution < 1.29 is 14.6 Å². The molecule has 1 heterocycles. The first kappa shape index (κ1) is 7.53. The van der Waals surface area contributed by atoms with Crippen LogP contribution in [-0.4, -0.2) is 11.1 Å². The Morgan fingerprint density at radius 3 is 2.91 bits per heavy atom. The lowest BCUT2D eigenvalue weighted by molar-refractivity contribution is 0.117. The van der Waals surface area contributed by atoms with Crippen LogP contribution in [0.3, 0.4) is 0 Å². The minimum atomic E-state index is -1.57. The Balaban J connectivity index is 2.86. The molecule has 0 spiro atoms.